The smallest absolute Gasteiger partial charge is 0.225 e. The summed E-state index contributed by atoms with van der Waals surface area (Å²) in [6, 6.07) is 0.606. The van der Waals surface area contributed by atoms with Crippen LogP contribution in [0.4, 0.5) is 5.95 Å². The van der Waals surface area contributed by atoms with E-state index in [4.69, 9.17) is 9.47 Å². The van der Waals surface area contributed by atoms with E-state index in [0.29, 0.717) is 11.8 Å². The number of anilines is 1. The highest BCUT2D eigenvalue weighted by molar-refractivity contribution is 5.33. The molecule has 1 aromatic rings. The molecular weight excluding hydrogens is 244 g/mol. The second-order valence-electron chi connectivity index (χ2n) is 4.96. The van der Waals surface area contributed by atoms with Gasteiger partial charge in [-0.15, -0.1) is 0 Å². The van der Waals surface area contributed by atoms with Crippen molar-refractivity contribution in [2.75, 3.05) is 51.4 Å². The average molecular weight is 264 g/mol. The molecule has 1 unspecified atom stereocenters. The van der Waals surface area contributed by atoms with Crippen LogP contribution in [0.25, 0.3) is 0 Å². The highest BCUT2D eigenvalue weighted by Crippen LogP contribution is 2.21. The summed E-state index contributed by atoms with van der Waals surface area (Å²) in [5, 5.41) is 0. The van der Waals surface area contributed by atoms with Gasteiger partial charge in [-0.3, -0.25) is 4.90 Å². The van der Waals surface area contributed by atoms with E-state index >= 15 is 0 Å². The molecule has 104 valence electrons. The van der Waals surface area contributed by atoms with Crippen molar-refractivity contribution in [2.24, 2.45) is 0 Å². The Morgan fingerprint density at radius 3 is 2.63 bits per heavy atom. The normalized spacial score (nSPS) is 24.7. The fraction of sp³-hybridized carbons (Fsp3) is 0.692. The summed E-state index contributed by atoms with van der Waals surface area (Å²) in [7, 11) is 1.63. The Hall–Kier alpha value is -1.40. The third kappa shape index (κ3) is 2.79. The molecule has 6 nitrogen and oxygen atoms in total. The van der Waals surface area contributed by atoms with Crippen molar-refractivity contribution in [3.05, 3.63) is 12.4 Å². The Balaban J connectivity index is 1.61. The van der Waals surface area contributed by atoms with E-state index in [1.54, 1.807) is 19.5 Å². The van der Waals surface area contributed by atoms with Crippen LogP contribution in [0.1, 0.15) is 6.42 Å². The fourth-order valence-corrected chi connectivity index (χ4v) is 2.74. The van der Waals surface area contributed by atoms with Gasteiger partial charge in [0, 0.05) is 32.2 Å². The van der Waals surface area contributed by atoms with Crippen molar-refractivity contribution in [2.45, 2.75) is 12.5 Å². The maximum Gasteiger partial charge on any atom is 0.225 e. The molecule has 1 atom stereocenters. The lowest BCUT2D eigenvalue weighted by molar-refractivity contribution is 0.0209. The van der Waals surface area contributed by atoms with Gasteiger partial charge < -0.3 is 14.4 Å². The first-order chi connectivity index (χ1) is 9.36. The summed E-state index contributed by atoms with van der Waals surface area (Å²) in [4.78, 5) is 13.5. The van der Waals surface area contributed by atoms with Crippen LogP contribution in [0.3, 0.4) is 0 Å². The van der Waals surface area contributed by atoms with Crippen LogP contribution >= 0.6 is 0 Å². The zero-order valence-electron chi connectivity index (χ0n) is 11.3. The third-order valence-corrected chi connectivity index (χ3v) is 3.86. The fourth-order valence-electron chi connectivity index (χ4n) is 2.74. The molecule has 3 rings (SSSR count). The van der Waals surface area contributed by atoms with E-state index < -0.39 is 0 Å². The minimum Gasteiger partial charge on any atom is -0.494 e. The Morgan fingerprint density at radius 1 is 1.21 bits per heavy atom. The number of rotatable bonds is 3. The summed E-state index contributed by atoms with van der Waals surface area (Å²) in [5.74, 6) is 1.50. The molecule has 1 aromatic heterocycles. The number of hydrogen-bond acceptors (Lipinski definition) is 6. The SMILES string of the molecule is COc1cnc(N2CCC(N3CCOCC3)C2)nc1. The molecule has 0 amide bonds. The predicted octanol–water partition coefficient (Wildman–Crippen LogP) is 0.396. The molecule has 0 aliphatic carbocycles. The van der Waals surface area contributed by atoms with Crippen molar-refractivity contribution in [1.29, 1.82) is 0 Å². The minimum absolute atomic E-state index is 0.606. The van der Waals surface area contributed by atoms with Gasteiger partial charge in [-0.25, -0.2) is 9.97 Å². The van der Waals surface area contributed by atoms with Crippen LogP contribution in [0.5, 0.6) is 5.75 Å². The standard InChI is InChI=1S/C13H20N4O2/c1-18-12-8-14-13(15-9-12)17-3-2-11(10-17)16-4-6-19-7-5-16/h8-9,11H,2-7,10H2,1H3. The van der Waals surface area contributed by atoms with Gasteiger partial charge in [-0.2, -0.15) is 0 Å². The lowest BCUT2D eigenvalue weighted by atomic mass is 10.2. The summed E-state index contributed by atoms with van der Waals surface area (Å²) in [5.41, 5.74) is 0. The second kappa shape index (κ2) is 5.71. The van der Waals surface area contributed by atoms with Crippen LogP contribution in [0.2, 0.25) is 0 Å². The van der Waals surface area contributed by atoms with Gasteiger partial charge in [0.2, 0.25) is 5.95 Å². The maximum absolute atomic E-state index is 5.40. The quantitative estimate of drug-likeness (QED) is 0.787. The van der Waals surface area contributed by atoms with Gasteiger partial charge in [0.25, 0.3) is 0 Å². The van der Waals surface area contributed by atoms with Gasteiger partial charge >= 0.3 is 0 Å². The molecule has 19 heavy (non-hydrogen) atoms. The highest BCUT2D eigenvalue weighted by Gasteiger charge is 2.29. The Bertz CT molecular complexity index is 406. The van der Waals surface area contributed by atoms with E-state index in [1.165, 1.54) is 6.42 Å². The molecule has 2 aliphatic heterocycles. The number of morpholine rings is 1. The number of methoxy groups -OCH3 is 1. The Kier molecular flexibility index (Phi) is 3.79. The van der Waals surface area contributed by atoms with Gasteiger partial charge in [-0.05, 0) is 6.42 Å². The minimum atomic E-state index is 0.606. The third-order valence-electron chi connectivity index (χ3n) is 3.86. The zero-order valence-corrected chi connectivity index (χ0v) is 11.3. The van der Waals surface area contributed by atoms with E-state index in [-0.39, 0.29) is 0 Å². The highest BCUT2D eigenvalue weighted by atomic mass is 16.5. The predicted molar refractivity (Wildman–Crippen MR) is 71.6 cm³/mol. The molecule has 2 aliphatic rings. The molecule has 6 heteroatoms. The number of aromatic nitrogens is 2. The van der Waals surface area contributed by atoms with Crippen molar-refractivity contribution in [3.8, 4) is 5.75 Å². The molecule has 0 bridgehead atoms. The Morgan fingerprint density at radius 2 is 1.95 bits per heavy atom. The zero-order chi connectivity index (χ0) is 13.1. The molecule has 0 saturated carbocycles. The first-order valence-electron chi connectivity index (χ1n) is 6.79. The number of hydrogen-bond donors (Lipinski definition) is 0. The van der Waals surface area contributed by atoms with Crippen LogP contribution < -0.4 is 9.64 Å². The lowest BCUT2D eigenvalue weighted by Gasteiger charge is -2.32. The van der Waals surface area contributed by atoms with Crippen molar-refractivity contribution in [1.82, 2.24) is 14.9 Å². The van der Waals surface area contributed by atoms with E-state index in [9.17, 15) is 0 Å². The van der Waals surface area contributed by atoms with E-state index in [2.05, 4.69) is 19.8 Å². The second-order valence-corrected chi connectivity index (χ2v) is 4.96. The van der Waals surface area contributed by atoms with Crippen molar-refractivity contribution < 1.29 is 9.47 Å². The van der Waals surface area contributed by atoms with Crippen molar-refractivity contribution >= 4 is 5.95 Å². The maximum atomic E-state index is 5.40. The van der Waals surface area contributed by atoms with E-state index in [1.807, 2.05) is 0 Å². The Labute approximate surface area is 113 Å². The molecule has 0 spiro atoms. The molecule has 2 saturated heterocycles. The first-order valence-corrected chi connectivity index (χ1v) is 6.79. The average Bonchev–Trinajstić information content (AvgIpc) is 2.98. The lowest BCUT2D eigenvalue weighted by Crippen LogP contribution is -2.44. The van der Waals surface area contributed by atoms with Crippen LogP contribution in [0, 0.1) is 0 Å². The van der Waals surface area contributed by atoms with Crippen LogP contribution in [-0.2, 0) is 4.74 Å². The summed E-state index contributed by atoms with van der Waals surface area (Å²) < 4.78 is 10.5. The number of ether oxygens (including phenoxy) is 2. The summed E-state index contributed by atoms with van der Waals surface area (Å²) >= 11 is 0. The number of nitrogens with zero attached hydrogens (tertiary/aromatic N) is 4. The van der Waals surface area contributed by atoms with Crippen LogP contribution in [-0.4, -0.2) is 67.4 Å². The first kappa shape index (κ1) is 12.6. The van der Waals surface area contributed by atoms with Gasteiger partial charge in [0.1, 0.15) is 0 Å². The molecule has 3 heterocycles. The van der Waals surface area contributed by atoms with Crippen molar-refractivity contribution in [3.63, 3.8) is 0 Å². The molecule has 0 radical (unpaired) electrons. The van der Waals surface area contributed by atoms with Gasteiger partial charge in [0.15, 0.2) is 5.75 Å². The topological polar surface area (TPSA) is 50.7 Å². The van der Waals surface area contributed by atoms with E-state index in [0.717, 1.165) is 45.3 Å². The largest absolute Gasteiger partial charge is 0.494 e. The van der Waals surface area contributed by atoms with Crippen LogP contribution in [0.15, 0.2) is 12.4 Å². The molecule has 0 aromatic carbocycles. The molecule has 0 N–H and O–H groups in total. The summed E-state index contributed by atoms with van der Waals surface area (Å²) in [6.45, 7) is 5.83. The van der Waals surface area contributed by atoms with Gasteiger partial charge in [0.05, 0.1) is 32.7 Å². The summed E-state index contributed by atoms with van der Waals surface area (Å²) in [6.07, 6.45) is 4.63. The molecular formula is C13H20N4O2. The monoisotopic (exact) mass is 264 g/mol. The van der Waals surface area contributed by atoms with Gasteiger partial charge in [-0.1, -0.05) is 0 Å². The molecule has 2 fully saturated rings.